The third-order valence-electron chi connectivity index (χ3n) is 4.91. The van der Waals surface area contributed by atoms with E-state index >= 15 is 0 Å². The molecule has 0 atom stereocenters. The summed E-state index contributed by atoms with van der Waals surface area (Å²) in [5.74, 6) is 0.630. The first-order valence-electron chi connectivity index (χ1n) is 10.1. The van der Waals surface area contributed by atoms with Gasteiger partial charge in [0.15, 0.2) is 5.76 Å². The van der Waals surface area contributed by atoms with Crippen LogP contribution in [0.2, 0.25) is 0 Å². The van der Waals surface area contributed by atoms with Crippen molar-refractivity contribution in [2.45, 2.75) is 32.6 Å². The van der Waals surface area contributed by atoms with E-state index in [4.69, 9.17) is 21.7 Å². The topological polar surface area (TPSA) is 51.3 Å². The molecule has 0 radical (unpaired) electrons. The number of hydrogen-bond donors (Lipinski definition) is 0. The van der Waals surface area contributed by atoms with Crippen LogP contribution < -0.4 is 0 Å². The van der Waals surface area contributed by atoms with Crippen molar-refractivity contribution < 1.29 is 9.21 Å². The fourth-order valence-corrected chi connectivity index (χ4v) is 4.64. The highest BCUT2D eigenvalue weighted by Crippen LogP contribution is 2.35. The third-order valence-corrected chi connectivity index (χ3v) is 6.29. The van der Waals surface area contributed by atoms with Crippen molar-refractivity contribution in [1.29, 1.82) is 0 Å². The monoisotopic (exact) mass is 437 g/mol. The summed E-state index contributed by atoms with van der Waals surface area (Å²) in [4.78, 5) is 15.3. The number of carbonyl (C=O) groups excluding carboxylic acids is 1. The van der Waals surface area contributed by atoms with Gasteiger partial charge >= 0.3 is 0 Å². The van der Waals surface area contributed by atoms with Gasteiger partial charge in [-0.25, -0.2) is 4.68 Å². The van der Waals surface area contributed by atoms with Gasteiger partial charge in [0.25, 0.3) is 5.91 Å². The van der Waals surface area contributed by atoms with Crippen LogP contribution in [0.1, 0.15) is 38.2 Å². The average molecular weight is 438 g/mol. The van der Waals surface area contributed by atoms with Crippen LogP contribution in [0.4, 0.5) is 0 Å². The number of rotatable bonds is 8. The zero-order valence-electron chi connectivity index (χ0n) is 16.8. The summed E-state index contributed by atoms with van der Waals surface area (Å²) in [7, 11) is 0. The highest BCUT2D eigenvalue weighted by atomic mass is 32.2. The second-order valence-electron chi connectivity index (χ2n) is 7.08. The molecule has 3 heterocycles. The van der Waals surface area contributed by atoms with Crippen LogP contribution in [-0.4, -0.2) is 31.5 Å². The van der Waals surface area contributed by atoms with E-state index in [1.54, 1.807) is 15.8 Å². The summed E-state index contributed by atoms with van der Waals surface area (Å²) < 4.78 is 8.01. The lowest BCUT2D eigenvalue weighted by Crippen LogP contribution is -2.28. The molecule has 0 saturated carbocycles. The molecular formula is C23H23N3O2S2. The molecular weight excluding hydrogens is 414 g/mol. The van der Waals surface area contributed by atoms with Crippen molar-refractivity contribution in [3.63, 3.8) is 0 Å². The molecule has 154 valence electrons. The fourth-order valence-electron chi connectivity index (χ4n) is 3.34. The molecule has 5 nitrogen and oxygen atoms in total. The minimum Gasteiger partial charge on any atom is -0.463 e. The maximum absolute atomic E-state index is 13.0. The van der Waals surface area contributed by atoms with Crippen molar-refractivity contribution in [3.8, 4) is 17.1 Å². The zero-order valence-corrected chi connectivity index (χ0v) is 18.4. The zero-order chi connectivity index (χ0) is 20.9. The minimum atomic E-state index is -0.0284. The Balaban J connectivity index is 1.63. The van der Waals surface area contributed by atoms with Gasteiger partial charge in [-0.1, -0.05) is 68.4 Å². The minimum absolute atomic E-state index is 0.0284. The largest absolute Gasteiger partial charge is 0.463 e. The number of para-hydroxylation sites is 1. The summed E-state index contributed by atoms with van der Waals surface area (Å²) in [5, 5.41) is 4.71. The van der Waals surface area contributed by atoms with E-state index in [9.17, 15) is 4.79 Å². The van der Waals surface area contributed by atoms with Crippen LogP contribution in [0, 0.1) is 0 Å². The van der Waals surface area contributed by atoms with E-state index < -0.39 is 0 Å². The molecule has 0 bridgehead atoms. The van der Waals surface area contributed by atoms with Crippen molar-refractivity contribution in [1.82, 2.24) is 14.7 Å². The molecule has 3 aromatic rings. The molecule has 1 aliphatic heterocycles. The first-order chi connectivity index (χ1) is 14.7. The summed E-state index contributed by atoms with van der Waals surface area (Å²) >= 11 is 6.82. The number of thioether (sulfide) groups is 1. The molecule has 0 spiro atoms. The molecule has 1 amide bonds. The Morgan fingerprint density at radius 2 is 1.97 bits per heavy atom. The van der Waals surface area contributed by atoms with Crippen LogP contribution in [0.5, 0.6) is 0 Å². The quantitative estimate of drug-likeness (QED) is 0.249. The lowest BCUT2D eigenvalue weighted by molar-refractivity contribution is -0.122. The van der Waals surface area contributed by atoms with E-state index in [1.807, 2.05) is 54.7 Å². The Morgan fingerprint density at radius 3 is 2.70 bits per heavy atom. The van der Waals surface area contributed by atoms with Crippen LogP contribution in [0.3, 0.4) is 0 Å². The molecule has 0 N–H and O–H groups in total. The first kappa shape index (κ1) is 20.6. The molecule has 1 aromatic carbocycles. The van der Waals surface area contributed by atoms with Gasteiger partial charge in [-0.3, -0.25) is 9.69 Å². The molecule has 1 fully saturated rings. The summed E-state index contributed by atoms with van der Waals surface area (Å²) in [6.07, 6.45) is 9.83. The van der Waals surface area contributed by atoms with Gasteiger partial charge in [-0.15, -0.1) is 0 Å². The molecule has 4 rings (SSSR count). The standard InChI is InChI=1S/C23H23N3O2S2/c1-2-3-4-8-13-25-22(27)20(30-23(25)29)15-17-16-26(18-10-6-5-7-11-18)24-21(17)19-12-9-14-28-19/h5-7,9-12,14-16H,2-4,8,13H2,1H3. The van der Waals surface area contributed by atoms with Crippen molar-refractivity contribution in [3.05, 3.63) is 65.4 Å². The lowest BCUT2D eigenvalue weighted by atomic mass is 10.2. The number of furan rings is 1. The Hall–Kier alpha value is -2.64. The van der Waals surface area contributed by atoms with E-state index in [0.29, 0.717) is 27.2 Å². The third kappa shape index (κ3) is 4.42. The normalized spacial score (nSPS) is 15.5. The lowest BCUT2D eigenvalue weighted by Gasteiger charge is -2.13. The second-order valence-corrected chi connectivity index (χ2v) is 8.76. The smallest absolute Gasteiger partial charge is 0.266 e. The van der Waals surface area contributed by atoms with Crippen LogP contribution in [0.15, 0.2) is 64.2 Å². The van der Waals surface area contributed by atoms with Gasteiger partial charge in [0, 0.05) is 18.3 Å². The molecule has 0 aliphatic carbocycles. The number of thiocarbonyl (C=S) groups is 1. The maximum Gasteiger partial charge on any atom is 0.266 e. The van der Waals surface area contributed by atoms with E-state index in [0.717, 1.165) is 24.1 Å². The number of nitrogens with zero attached hydrogens (tertiary/aromatic N) is 3. The van der Waals surface area contributed by atoms with Crippen molar-refractivity contribution in [2.75, 3.05) is 6.54 Å². The number of hydrogen-bond acceptors (Lipinski definition) is 5. The number of benzene rings is 1. The van der Waals surface area contributed by atoms with Gasteiger partial charge in [-0.2, -0.15) is 5.10 Å². The van der Waals surface area contributed by atoms with Gasteiger partial charge in [0.2, 0.25) is 0 Å². The molecule has 1 aliphatic rings. The Morgan fingerprint density at radius 1 is 1.13 bits per heavy atom. The summed E-state index contributed by atoms with van der Waals surface area (Å²) in [6.45, 7) is 2.85. The van der Waals surface area contributed by atoms with E-state index in [1.165, 1.54) is 24.6 Å². The van der Waals surface area contributed by atoms with Crippen LogP contribution in [-0.2, 0) is 4.79 Å². The maximum atomic E-state index is 13.0. The average Bonchev–Trinajstić information content (AvgIpc) is 3.48. The molecule has 1 saturated heterocycles. The van der Waals surface area contributed by atoms with Crippen molar-refractivity contribution >= 4 is 40.3 Å². The molecule has 30 heavy (non-hydrogen) atoms. The van der Waals surface area contributed by atoms with E-state index in [-0.39, 0.29) is 5.91 Å². The predicted molar refractivity (Wildman–Crippen MR) is 125 cm³/mol. The fraction of sp³-hybridized carbons (Fsp3) is 0.261. The molecule has 2 aromatic heterocycles. The Kier molecular flexibility index (Phi) is 6.50. The Labute approximate surface area is 185 Å². The second kappa shape index (κ2) is 9.45. The molecule has 7 heteroatoms. The van der Waals surface area contributed by atoms with Crippen LogP contribution >= 0.6 is 24.0 Å². The van der Waals surface area contributed by atoms with Gasteiger partial charge in [-0.05, 0) is 36.8 Å². The number of carbonyl (C=O) groups is 1. The van der Waals surface area contributed by atoms with Crippen molar-refractivity contribution in [2.24, 2.45) is 0 Å². The van der Waals surface area contributed by atoms with Gasteiger partial charge in [0.1, 0.15) is 10.0 Å². The van der Waals surface area contributed by atoms with Crippen LogP contribution in [0.25, 0.3) is 23.2 Å². The predicted octanol–water partition coefficient (Wildman–Crippen LogP) is 5.91. The SMILES string of the molecule is CCCCCCN1C(=O)C(=Cc2cn(-c3ccccc3)nc2-c2ccco2)SC1=S. The van der Waals surface area contributed by atoms with Gasteiger partial charge in [0.05, 0.1) is 16.9 Å². The number of aromatic nitrogens is 2. The van der Waals surface area contributed by atoms with E-state index in [2.05, 4.69) is 6.92 Å². The number of amides is 1. The highest BCUT2D eigenvalue weighted by molar-refractivity contribution is 8.26. The first-order valence-corrected chi connectivity index (χ1v) is 11.3. The number of unbranched alkanes of at least 4 members (excludes halogenated alkanes) is 3. The molecule has 0 unspecified atom stereocenters. The summed E-state index contributed by atoms with van der Waals surface area (Å²) in [5.41, 5.74) is 2.45. The summed E-state index contributed by atoms with van der Waals surface area (Å²) in [6, 6.07) is 13.6. The Bertz CT molecular complexity index is 1060. The highest BCUT2D eigenvalue weighted by Gasteiger charge is 2.32. The van der Waals surface area contributed by atoms with Gasteiger partial charge < -0.3 is 4.42 Å².